The minimum Gasteiger partial charge on any atom is -0.479 e. The number of hydrogen-bond donors (Lipinski definition) is 0. The molecule has 1 unspecified atom stereocenters. The molecule has 1 saturated heterocycles. The first kappa shape index (κ1) is 19.9. The van der Waals surface area contributed by atoms with E-state index in [1.807, 2.05) is 28.5 Å². The average Bonchev–Trinajstić information content (AvgIpc) is 3.20. The SMILES string of the molecule is CCCc1nc(-c2ccc3c(c2)N(CC(=O)N2CCCCC2)C(=O)C(C)O3)cs1. The van der Waals surface area contributed by atoms with Gasteiger partial charge in [0.2, 0.25) is 5.91 Å². The lowest BCUT2D eigenvalue weighted by atomic mass is 10.1. The van der Waals surface area contributed by atoms with E-state index < -0.39 is 6.10 Å². The summed E-state index contributed by atoms with van der Waals surface area (Å²) < 4.78 is 5.80. The van der Waals surface area contributed by atoms with Gasteiger partial charge in [-0.05, 0) is 57.2 Å². The minimum atomic E-state index is -0.599. The number of likely N-dealkylation sites (tertiary alicyclic amines) is 1. The molecule has 0 spiro atoms. The Morgan fingerprint density at radius 3 is 2.83 bits per heavy atom. The van der Waals surface area contributed by atoms with Gasteiger partial charge >= 0.3 is 0 Å². The van der Waals surface area contributed by atoms with Crippen LogP contribution in [0.2, 0.25) is 0 Å². The second-order valence-corrected chi connectivity index (χ2v) is 8.63. The summed E-state index contributed by atoms with van der Waals surface area (Å²) in [6.07, 6.45) is 4.65. The van der Waals surface area contributed by atoms with E-state index >= 15 is 0 Å². The van der Waals surface area contributed by atoms with Crippen molar-refractivity contribution >= 4 is 28.8 Å². The maximum atomic E-state index is 12.9. The maximum Gasteiger partial charge on any atom is 0.268 e. The number of aryl methyl sites for hydroxylation is 1. The Morgan fingerprint density at radius 1 is 1.28 bits per heavy atom. The van der Waals surface area contributed by atoms with Gasteiger partial charge in [0.05, 0.1) is 16.4 Å². The number of carbonyl (C=O) groups excluding carboxylic acids is 2. The molecule has 2 amide bonds. The van der Waals surface area contributed by atoms with Crippen LogP contribution >= 0.6 is 11.3 Å². The van der Waals surface area contributed by atoms with Gasteiger partial charge < -0.3 is 9.64 Å². The van der Waals surface area contributed by atoms with E-state index in [0.717, 1.165) is 61.5 Å². The van der Waals surface area contributed by atoms with Crippen LogP contribution < -0.4 is 9.64 Å². The van der Waals surface area contributed by atoms with E-state index in [1.165, 1.54) is 0 Å². The second-order valence-electron chi connectivity index (χ2n) is 7.68. The molecule has 0 saturated carbocycles. The van der Waals surface area contributed by atoms with Crippen LogP contribution in [0.3, 0.4) is 0 Å². The third kappa shape index (κ3) is 4.15. The highest BCUT2D eigenvalue weighted by Gasteiger charge is 2.34. The molecule has 0 radical (unpaired) electrons. The number of amides is 2. The highest BCUT2D eigenvalue weighted by Crippen LogP contribution is 2.38. The maximum absolute atomic E-state index is 12.9. The molecule has 0 bridgehead atoms. The number of ether oxygens (including phenoxy) is 1. The molecular weight excluding hydrogens is 386 g/mol. The van der Waals surface area contributed by atoms with Crippen molar-refractivity contribution in [3.05, 3.63) is 28.6 Å². The zero-order valence-corrected chi connectivity index (χ0v) is 17.8. The number of hydrogen-bond acceptors (Lipinski definition) is 5. The van der Waals surface area contributed by atoms with E-state index in [0.29, 0.717) is 11.4 Å². The fraction of sp³-hybridized carbons (Fsp3) is 0.500. The molecule has 6 nitrogen and oxygen atoms in total. The van der Waals surface area contributed by atoms with Gasteiger partial charge in [0.25, 0.3) is 5.91 Å². The first-order valence-corrected chi connectivity index (χ1v) is 11.3. The molecule has 4 rings (SSSR count). The van der Waals surface area contributed by atoms with Gasteiger partial charge in [-0.3, -0.25) is 14.5 Å². The average molecular weight is 414 g/mol. The fourth-order valence-electron chi connectivity index (χ4n) is 3.88. The molecule has 3 heterocycles. The van der Waals surface area contributed by atoms with Crippen molar-refractivity contribution in [3.63, 3.8) is 0 Å². The fourth-order valence-corrected chi connectivity index (χ4v) is 4.79. The molecule has 1 fully saturated rings. The van der Waals surface area contributed by atoms with Crippen molar-refractivity contribution in [2.24, 2.45) is 0 Å². The van der Waals surface area contributed by atoms with Gasteiger partial charge in [-0.2, -0.15) is 0 Å². The van der Waals surface area contributed by atoms with Crippen molar-refractivity contribution in [2.75, 3.05) is 24.5 Å². The third-order valence-corrected chi connectivity index (χ3v) is 6.39. The van der Waals surface area contributed by atoms with Gasteiger partial charge in [0.15, 0.2) is 6.10 Å². The summed E-state index contributed by atoms with van der Waals surface area (Å²) in [4.78, 5) is 33.9. The van der Waals surface area contributed by atoms with Crippen molar-refractivity contribution in [2.45, 2.75) is 52.1 Å². The normalized spacial score (nSPS) is 19.1. The molecule has 2 aromatic rings. The molecule has 154 valence electrons. The molecule has 2 aliphatic heterocycles. The lowest BCUT2D eigenvalue weighted by molar-refractivity contribution is -0.133. The second kappa shape index (κ2) is 8.53. The molecular formula is C22H27N3O3S. The van der Waals surface area contributed by atoms with E-state index in [9.17, 15) is 9.59 Å². The number of nitrogens with zero attached hydrogens (tertiary/aromatic N) is 3. The predicted octanol–water partition coefficient (Wildman–Crippen LogP) is 3.89. The van der Waals surface area contributed by atoms with Crippen molar-refractivity contribution < 1.29 is 14.3 Å². The van der Waals surface area contributed by atoms with Crippen LogP contribution in [0.4, 0.5) is 5.69 Å². The highest BCUT2D eigenvalue weighted by atomic mass is 32.1. The Balaban J connectivity index is 1.62. The largest absolute Gasteiger partial charge is 0.479 e. The number of benzene rings is 1. The van der Waals surface area contributed by atoms with E-state index in [1.54, 1.807) is 23.2 Å². The minimum absolute atomic E-state index is 0.00222. The number of piperidine rings is 1. The molecule has 1 aromatic carbocycles. The summed E-state index contributed by atoms with van der Waals surface area (Å²) >= 11 is 1.65. The Hall–Kier alpha value is -2.41. The standard InChI is InChI=1S/C22H27N3O3S/c1-3-7-20-23-17(14-29-20)16-8-9-19-18(12-16)25(22(27)15(2)28-19)13-21(26)24-10-5-4-6-11-24/h8-9,12,14-15H,3-7,10-11,13H2,1-2H3. The van der Waals surface area contributed by atoms with Crippen LogP contribution in [-0.4, -0.2) is 47.4 Å². The number of rotatable bonds is 5. The first-order valence-electron chi connectivity index (χ1n) is 10.4. The summed E-state index contributed by atoms with van der Waals surface area (Å²) in [5, 5.41) is 3.16. The summed E-state index contributed by atoms with van der Waals surface area (Å²) in [6, 6.07) is 5.77. The summed E-state index contributed by atoms with van der Waals surface area (Å²) in [7, 11) is 0. The molecule has 1 atom stereocenters. The van der Waals surface area contributed by atoms with Gasteiger partial charge in [-0.25, -0.2) is 4.98 Å². The van der Waals surface area contributed by atoms with E-state index in [2.05, 4.69) is 6.92 Å². The topological polar surface area (TPSA) is 62.7 Å². The van der Waals surface area contributed by atoms with Crippen molar-refractivity contribution in [3.8, 4) is 17.0 Å². The predicted molar refractivity (Wildman–Crippen MR) is 114 cm³/mol. The van der Waals surface area contributed by atoms with E-state index in [-0.39, 0.29) is 18.4 Å². The number of fused-ring (bicyclic) bond motifs is 1. The lowest BCUT2D eigenvalue weighted by Crippen LogP contribution is -2.50. The van der Waals surface area contributed by atoms with Crippen LogP contribution in [0.15, 0.2) is 23.6 Å². The summed E-state index contributed by atoms with van der Waals surface area (Å²) in [5.41, 5.74) is 2.49. The molecule has 0 aliphatic carbocycles. The quantitative estimate of drug-likeness (QED) is 0.746. The zero-order chi connectivity index (χ0) is 20.4. The smallest absolute Gasteiger partial charge is 0.268 e. The highest BCUT2D eigenvalue weighted by molar-refractivity contribution is 7.09. The van der Waals surface area contributed by atoms with Crippen molar-refractivity contribution in [1.29, 1.82) is 0 Å². The Morgan fingerprint density at radius 2 is 2.07 bits per heavy atom. The molecule has 2 aliphatic rings. The number of carbonyl (C=O) groups is 2. The monoisotopic (exact) mass is 413 g/mol. The van der Waals surface area contributed by atoms with Crippen LogP contribution in [-0.2, 0) is 16.0 Å². The Labute approximate surface area is 175 Å². The summed E-state index contributed by atoms with van der Waals surface area (Å²) in [5.74, 6) is 0.462. The number of anilines is 1. The van der Waals surface area contributed by atoms with Gasteiger partial charge in [-0.1, -0.05) is 6.92 Å². The molecule has 29 heavy (non-hydrogen) atoms. The van der Waals surface area contributed by atoms with Crippen LogP contribution in [0, 0.1) is 0 Å². The third-order valence-electron chi connectivity index (χ3n) is 5.48. The van der Waals surface area contributed by atoms with Crippen molar-refractivity contribution in [1.82, 2.24) is 9.88 Å². The zero-order valence-electron chi connectivity index (χ0n) is 17.0. The first-order chi connectivity index (χ1) is 14.1. The summed E-state index contributed by atoms with van der Waals surface area (Å²) in [6.45, 7) is 5.48. The van der Waals surface area contributed by atoms with Crippen LogP contribution in [0.5, 0.6) is 5.75 Å². The Bertz CT molecular complexity index is 904. The van der Waals surface area contributed by atoms with Gasteiger partial charge in [0, 0.05) is 24.0 Å². The van der Waals surface area contributed by atoms with Gasteiger partial charge in [0.1, 0.15) is 12.3 Å². The van der Waals surface area contributed by atoms with E-state index in [4.69, 9.17) is 9.72 Å². The molecule has 1 aromatic heterocycles. The Kier molecular flexibility index (Phi) is 5.85. The van der Waals surface area contributed by atoms with Crippen LogP contribution in [0.25, 0.3) is 11.3 Å². The molecule has 0 N–H and O–H groups in total. The number of thiazole rings is 1. The molecule has 7 heteroatoms. The number of aromatic nitrogens is 1. The lowest BCUT2D eigenvalue weighted by Gasteiger charge is -2.35. The van der Waals surface area contributed by atoms with Crippen LogP contribution in [0.1, 0.15) is 44.5 Å². The van der Waals surface area contributed by atoms with Gasteiger partial charge in [-0.15, -0.1) is 11.3 Å².